The van der Waals surface area contributed by atoms with Crippen LogP contribution in [0.4, 0.5) is 0 Å². The molecule has 1 saturated heterocycles. The molecule has 1 aromatic rings. The van der Waals surface area contributed by atoms with Crippen LogP contribution in [0.25, 0.3) is 0 Å². The Morgan fingerprint density at radius 2 is 1.96 bits per heavy atom. The number of likely N-dealkylation sites (tertiary alicyclic amines) is 1. The lowest BCUT2D eigenvalue weighted by molar-refractivity contribution is 0.330. The van der Waals surface area contributed by atoms with Gasteiger partial charge < -0.3 is 20.3 Å². The van der Waals surface area contributed by atoms with E-state index in [9.17, 15) is 0 Å². The fraction of sp³-hybridized carbons (Fsp3) is 0.632. The third-order valence-electron chi connectivity index (χ3n) is 4.33. The number of nitrogens with zero attached hydrogens (tertiary/aromatic N) is 2. The number of unbranched alkanes of at least 4 members (excludes halogenated alkanes) is 1. The van der Waals surface area contributed by atoms with E-state index in [2.05, 4.69) is 26.6 Å². The van der Waals surface area contributed by atoms with Crippen molar-refractivity contribution < 1.29 is 4.74 Å². The third kappa shape index (κ3) is 6.40. The van der Waals surface area contributed by atoms with Gasteiger partial charge in [0.25, 0.3) is 0 Å². The Kier molecular flexibility index (Phi) is 8.46. The van der Waals surface area contributed by atoms with Gasteiger partial charge in [-0.05, 0) is 58.3 Å². The zero-order valence-corrected chi connectivity index (χ0v) is 15.2. The van der Waals surface area contributed by atoms with E-state index in [4.69, 9.17) is 4.74 Å². The molecule has 0 radical (unpaired) electrons. The van der Waals surface area contributed by atoms with E-state index in [1.165, 1.54) is 45.3 Å². The van der Waals surface area contributed by atoms with Gasteiger partial charge in [-0.1, -0.05) is 18.2 Å². The molecule has 0 aromatic heterocycles. The van der Waals surface area contributed by atoms with Crippen LogP contribution in [-0.2, 0) is 6.54 Å². The lowest BCUT2D eigenvalue weighted by Gasteiger charge is -2.16. The van der Waals surface area contributed by atoms with Crippen molar-refractivity contribution in [1.82, 2.24) is 15.5 Å². The highest BCUT2D eigenvalue weighted by molar-refractivity contribution is 5.79. The number of benzene rings is 1. The molecule has 1 aliphatic rings. The minimum atomic E-state index is 0.682. The maximum Gasteiger partial charge on any atom is 0.191 e. The van der Waals surface area contributed by atoms with Crippen molar-refractivity contribution in [1.29, 1.82) is 0 Å². The molecular weight excluding hydrogens is 300 g/mol. The first-order valence-corrected chi connectivity index (χ1v) is 9.21. The molecule has 0 aliphatic carbocycles. The number of para-hydroxylation sites is 1. The zero-order chi connectivity index (χ0) is 17.0. The van der Waals surface area contributed by atoms with E-state index in [1.807, 2.05) is 32.2 Å². The van der Waals surface area contributed by atoms with E-state index < -0.39 is 0 Å². The molecule has 0 spiro atoms. The minimum Gasteiger partial charge on any atom is -0.494 e. The van der Waals surface area contributed by atoms with E-state index in [0.717, 1.165) is 23.8 Å². The second-order valence-electron chi connectivity index (χ2n) is 6.15. The Morgan fingerprint density at radius 3 is 2.71 bits per heavy atom. The van der Waals surface area contributed by atoms with E-state index >= 15 is 0 Å². The van der Waals surface area contributed by atoms with Crippen LogP contribution in [0.15, 0.2) is 29.3 Å². The summed E-state index contributed by atoms with van der Waals surface area (Å²) in [6.45, 7) is 8.17. The summed E-state index contributed by atoms with van der Waals surface area (Å²) in [5, 5.41) is 6.76. The number of rotatable bonds is 9. The predicted octanol–water partition coefficient (Wildman–Crippen LogP) is 2.63. The lowest BCUT2D eigenvalue weighted by Crippen LogP contribution is -2.37. The normalized spacial score (nSPS) is 15.5. The molecule has 0 bridgehead atoms. The number of ether oxygens (including phenoxy) is 1. The average molecular weight is 332 g/mol. The van der Waals surface area contributed by atoms with E-state index in [1.54, 1.807) is 0 Å². The second-order valence-corrected chi connectivity index (χ2v) is 6.15. The van der Waals surface area contributed by atoms with Gasteiger partial charge in [-0.3, -0.25) is 4.99 Å². The van der Waals surface area contributed by atoms with Crippen molar-refractivity contribution in [3.05, 3.63) is 29.8 Å². The van der Waals surface area contributed by atoms with Gasteiger partial charge in [0.15, 0.2) is 5.96 Å². The molecule has 5 nitrogen and oxygen atoms in total. The molecule has 0 atom stereocenters. The quantitative estimate of drug-likeness (QED) is 0.415. The van der Waals surface area contributed by atoms with Crippen LogP contribution in [0.3, 0.4) is 0 Å². The lowest BCUT2D eigenvalue weighted by atomic mass is 10.2. The Hall–Kier alpha value is -1.75. The van der Waals surface area contributed by atoms with Crippen molar-refractivity contribution >= 4 is 5.96 Å². The summed E-state index contributed by atoms with van der Waals surface area (Å²) in [6.07, 6.45) is 5.17. The Morgan fingerprint density at radius 1 is 1.17 bits per heavy atom. The van der Waals surface area contributed by atoms with Crippen LogP contribution in [0.5, 0.6) is 5.75 Å². The Balaban J connectivity index is 1.65. The molecule has 1 aliphatic heterocycles. The smallest absolute Gasteiger partial charge is 0.191 e. The highest BCUT2D eigenvalue weighted by Gasteiger charge is 2.10. The van der Waals surface area contributed by atoms with E-state index in [0.29, 0.717) is 13.2 Å². The summed E-state index contributed by atoms with van der Waals surface area (Å²) < 4.78 is 5.66. The molecular formula is C19H32N4O. The summed E-state index contributed by atoms with van der Waals surface area (Å²) in [5.41, 5.74) is 1.15. The second kappa shape index (κ2) is 10.9. The molecule has 134 valence electrons. The van der Waals surface area contributed by atoms with Crippen molar-refractivity contribution in [2.75, 3.05) is 39.8 Å². The largest absolute Gasteiger partial charge is 0.494 e. The maximum atomic E-state index is 5.66. The van der Waals surface area contributed by atoms with Gasteiger partial charge >= 0.3 is 0 Å². The fourth-order valence-corrected chi connectivity index (χ4v) is 3.02. The summed E-state index contributed by atoms with van der Waals surface area (Å²) in [7, 11) is 1.81. The molecule has 1 aromatic carbocycles. The molecule has 5 heteroatoms. The first-order chi connectivity index (χ1) is 11.8. The van der Waals surface area contributed by atoms with Gasteiger partial charge in [-0.25, -0.2) is 0 Å². The fourth-order valence-electron chi connectivity index (χ4n) is 3.02. The highest BCUT2D eigenvalue weighted by atomic mass is 16.5. The summed E-state index contributed by atoms with van der Waals surface area (Å²) in [4.78, 5) is 6.86. The Bertz CT molecular complexity index is 498. The van der Waals surface area contributed by atoms with Gasteiger partial charge in [-0.2, -0.15) is 0 Å². The van der Waals surface area contributed by atoms with Crippen LogP contribution in [0.1, 0.15) is 38.2 Å². The predicted molar refractivity (Wildman–Crippen MR) is 101 cm³/mol. The van der Waals surface area contributed by atoms with Gasteiger partial charge in [0.1, 0.15) is 5.75 Å². The number of aliphatic imine (C=N–C) groups is 1. The van der Waals surface area contributed by atoms with Crippen LogP contribution in [0.2, 0.25) is 0 Å². The van der Waals surface area contributed by atoms with Gasteiger partial charge in [0.2, 0.25) is 0 Å². The van der Waals surface area contributed by atoms with Gasteiger partial charge in [-0.15, -0.1) is 0 Å². The topological polar surface area (TPSA) is 48.9 Å². The zero-order valence-electron chi connectivity index (χ0n) is 15.2. The molecule has 1 heterocycles. The van der Waals surface area contributed by atoms with Crippen molar-refractivity contribution in [2.45, 2.75) is 39.2 Å². The van der Waals surface area contributed by atoms with Gasteiger partial charge in [0, 0.05) is 25.7 Å². The summed E-state index contributed by atoms with van der Waals surface area (Å²) in [6, 6.07) is 8.13. The molecule has 0 saturated carbocycles. The Labute approximate surface area is 146 Å². The van der Waals surface area contributed by atoms with Crippen LogP contribution >= 0.6 is 0 Å². The standard InChI is InChI=1S/C19H32N4O/c1-3-24-18-11-5-4-10-17(18)16-22-19(20-2)21-12-6-7-13-23-14-8-9-15-23/h4-5,10-11H,3,6-9,12-16H2,1-2H3,(H2,20,21,22). The molecule has 24 heavy (non-hydrogen) atoms. The maximum absolute atomic E-state index is 5.66. The molecule has 2 N–H and O–H groups in total. The number of hydrogen-bond donors (Lipinski definition) is 2. The number of hydrogen-bond acceptors (Lipinski definition) is 3. The molecule has 2 rings (SSSR count). The molecule has 0 unspecified atom stereocenters. The molecule has 0 amide bonds. The van der Waals surface area contributed by atoms with Crippen molar-refractivity contribution in [2.24, 2.45) is 4.99 Å². The summed E-state index contributed by atoms with van der Waals surface area (Å²) in [5.74, 6) is 1.79. The van der Waals surface area contributed by atoms with Crippen LogP contribution in [-0.4, -0.2) is 50.7 Å². The first-order valence-electron chi connectivity index (χ1n) is 9.21. The number of guanidine groups is 1. The van der Waals surface area contributed by atoms with E-state index in [-0.39, 0.29) is 0 Å². The van der Waals surface area contributed by atoms with Crippen molar-refractivity contribution in [3.8, 4) is 5.75 Å². The summed E-state index contributed by atoms with van der Waals surface area (Å²) >= 11 is 0. The minimum absolute atomic E-state index is 0.682. The van der Waals surface area contributed by atoms with Crippen molar-refractivity contribution in [3.63, 3.8) is 0 Å². The van der Waals surface area contributed by atoms with Crippen LogP contribution < -0.4 is 15.4 Å². The number of nitrogens with one attached hydrogen (secondary N) is 2. The van der Waals surface area contributed by atoms with Gasteiger partial charge in [0.05, 0.1) is 6.61 Å². The van der Waals surface area contributed by atoms with Crippen LogP contribution in [0, 0.1) is 0 Å². The molecule has 1 fully saturated rings. The first kappa shape index (κ1) is 18.6. The highest BCUT2D eigenvalue weighted by Crippen LogP contribution is 2.17. The third-order valence-corrected chi connectivity index (χ3v) is 4.33. The SMILES string of the molecule is CCOc1ccccc1CNC(=NC)NCCCCN1CCCC1. The average Bonchev–Trinajstić information content (AvgIpc) is 3.12. The monoisotopic (exact) mass is 332 g/mol.